The zero-order valence-electron chi connectivity index (χ0n) is 20.2. The molecule has 1 aromatic rings. The Morgan fingerprint density at radius 3 is 2.39 bits per heavy atom. The number of carbonyl (C=O) groups excluding carboxylic acids is 2. The van der Waals surface area contributed by atoms with Gasteiger partial charge in [0.05, 0.1) is 18.6 Å². The SMILES string of the molecule is CCOC(=O)[C@@H]1[C@@H](C(C)(C)C)[C@H]([N+](=O)[O-])[C@H](c2ccccc2)N1C(=O)[C@@H]1CCC[C@@H](OC)C1. The molecule has 0 spiro atoms. The molecule has 3 rings (SSSR count). The lowest BCUT2D eigenvalue weighted by Gasteiger charge is -2.36. The topological polar surface area (TPSA) is 99.0 Å². The molecule has 0 N–H and O–H groups in total. The Morgan fingerprint density at radius 1 is 1.18 bits per heavy atom. The number of hydrogen-bond donors (Lipinski definition) is 0. The van der Waals surface area contributed by atoms with E-state index in [9.17, 15) is 19.7 Å². The van der Waals surface area contributed by atoms with Crippen LogP contribution in [-0.4, -0.2) is 53.6 Å². The maximum atomic E-state index is 14.0. The summed E-state index contributed by atoms with van der Waals surface area (Å²) >= 11 is 0. The number of carbonyl (C=O) groups is 2. The molecular weight excluding hydrogens is 424 g/mol. The second-order valence-electron chi connectivity index (χ2n) is 10.2. The van der Waals surface area contributed by atoms with Crippen LogP contribution < -0.4 is 0 Å². The van der Waals surface area contributed by atoms with Gasteiger partial charge in [0.1, 0.15) is 12.1 Å². The third-order valence-corrected chi connectivity index (χ3v) is 7.11. The summed E-state index contributed by atoms with van der Waals surface area (Å²) in [5.74, 6) is -1.85. The van der Waals surface area contributed by atoms with Crippen LogP contribution in [0.2, 0.25) is 0 Å². The molecule has 182 valence electrons. The van der Waals surface area contributed by atoms with Crippen molar-refractivity contribution in [1.82, 2.24) is 4.90 Å². The summed E-state index contributed by atoms with van der Waals surface area (Å²) in [6.07, 6.45) is 2.91. The Morgan fingerprint density at radius 2 is 1.85 bits per heavy atom. The minimum atomic E-state index is -1.13. The maximum absolute atomic E-state index is 14.0. The molecular formula is C25H36N2O6. The van der Waals surface area contributed by atoms with E-state index in [0.29, 0.717) is 18.4 Å². The van der Waals surface area contributed by atoms with E-state index in [1.165, 1.54) is 4.90 Å². The van der Waals surface area contributed by atoms with Gasteiger partial charge in [-0.1, -0.05) is 57.5 Å². The van der Waals surface area contributed by atoms with Crippen LogP contribution in [0.15, 0.2) is 30.3 Å². The molecule has 0 bridgehead atoms. The van der Waals surface area contributed by atoms with E-state index in [1.807, 2.05) is 26.8 Å². The highest BCUT2D eigenvalue weighted by atomic mass is 16.6. The smallest absolute Gasteiger partial charge is 0.329 e. The quantitative estimate of drug-likeness (QED) is 0.361. The molecule has 1 aliphatic carbocycles. The third kappa shape index (κ3) is 5.05. The lowest BCUT2D eigenvalue weighted by molar-refractivity contribution is -0.536. The van der Waals surface area contributed by atoms with Crippen molar-refractivity contribution in [3.8, 4) is 0 Å². The van der Waals surface area contributed by atoms with Crippen LogP contribution in [0.5, 0.6) is 0 Å². The fourth-order valence-corrected chi connectivity index (χ4v) is 5.69. The zero-order chi connectivity index (χ0) is 24.3. The van der Waals surface area contributed by atoms with Crippen LogP contribution in [0.4, 0.5) is 0 Å². The van der Waals surface area contributed by atoms with Gasteiger partial charge in [0, 0.05) is 18.0 Å². The van der Waals surface area contributed by atoms with E-state index >= 15 is 0 Å². The molecule has 1 saturated carbocycles. The lowest BCUT2D eigenvalue weighted by atomic mass is 9.73. The van der Waals surface area contributed by atoms with Gasteiger partial charge in [0.15, 0.2) is 0 Å². The van der Waals surface area contributed by atoms with Crippen molar-refractivity contribution in [1.29, 1.82) is 0 Å². The van der Waals surface area contributed by atoms with Gasteiger partial charge in [-0.3, -0.25) is 14.9 Å². The minimum absolute atomic E-state index is 0.0313. The first-order chi connectivity index (χ1) is 15.6. The van der Waals surface area contributed by atoms with Gasteiger partial charge >= 0.3 is 5.97 Å². The normalized spacial score (nSPS) is 30.2. The highest BCUT2D eigenvalue weighted by molar-refractivity contribution is 5.88. The number of benzene rings is 1. The van der Waals surface area contributed by atoms with Crippen molar-refractivity contribution in [3.05, 3.63) is 46.0 Å². The van der Waals surface area contributed by atoms with Gasteiger partial charge in [-0.2, -0.15) is 0 Å². The molecule has 0 unspecified atom stereocenters. The largest absolute Gasteiger partial charge is 0.464 e. The molecule has 6 atom stereocenters. The summed E-state index contributed by atoms with van der Waals surface area (Å²) in [6, 6.07) is 6.03. The summed E-state index contributed by atoms with van der Waals surface area (Å²) in [5, 5.41) is 12.5. The van der Waals surface area contributed by atoms with E-state index in [1.54, 1.807) is 38.3 Å². The lowest BCUT2D eigenvalue weighted by Crippen LogP contribution is -2.50. The molecule has 1 aliphatic heterocycles. The van der Waals surface area contributed by atoms with Crippen molar-refractivity contribution in [2.24, 2.45) is 17.3 Å². The monoisotopic (exact) mass is 460 g/mol. The first-order valence-electron chi connectivity index (χ1n) is 11.8. The van der Waals surface area contributed by atoms with Crippen molar-refractivity contribution in [2.75, 3.05) is 13.7 Å². The first-order valence-corrected chi connectivity index (χ1v) is 11.8. The van der Waals surface area contributed by atoms with Gasteiger partial charge in [0.25, 0.3) is 0 Å². The van der Waals surface area contributed by atoms with Crippen molar-refractivity contribution in [3.63, 3.8) is 0 Å². The summed E-state index contributed by atoms with van der Waals surface area (Å²) in [5.41, 5.74) is 0.0477. The number of rotatable bonds is 6. The number of nitro groups is 1. The van der Waals surface area contributed by atoms with Gasteiger partial charge < -0.3 is 14.4 Å². The van der Waals surface area contributed by atoms with E-state index in [4.69, 9.17) is 9.47 Å². The van der Waals surface area contributed by atoms with E-state index in [0.717, 1.165) is 12.8 Å². The second-order valence-corrected chi connectivity index (χ2v) is 10.2. The molecule has 1 amide bonds. The summed E-state index contributed by atoms with van der Waals surface area (Å²) in [6.45, 7) is 7.51. The van der Waals surface area contributed by atoms with Crippen molar-refractivity contribution >= 4 is 11.9 Å². The first kappa shape index (κ1) is 25.1. The van der Waals surface area contributed by atoms with E-state index < -0.39 is 35.4 Å². The predicted molar refractivity (Wildman–Crippen MR) is 123 cm³/mol. The highest BCUT2D eigenvalue weighted by Crippen LogP contribution is 2.50. The average molecular weight is 461 g/mol. The van der Waals surface area contributed by atoms with Crippen LogP contribution in [0.1, 0.15) is 65.0 Å². The molecule has 2 aliphatic rings. The van der Waals surface area contributed by atoms with Gasteiger partial charge in [-0.25, -0.2) is 4.79 Å². The van der Waals surface area contributed by atoms with Crippen LogP contribution >= 0.6 is 0 Å². The van der Waals surface area contributed by atoms with E-state index in [-0.39, 0.29) is 29.5 Å². The Balaban J connectivity index is 2.16. The Kier molecular flexibility index (Phi) is 7.77. The van der Waals surface area contributed by atoms with Gasteiger partial charge in [-0.15, -0.1) is 0 Å². The number of likely N-dealkylation sites (tertiary alicyclic amines) is 1. The van der Waals surface area contributed by atoms with Gasteiger partial charge in [-0.05, 0) is 37.2 Å². The van der Waals surface area contributed by atoms with Crippen molar-refractivity contribution in [2.45, 2.75) is 77.6 Å². The van der Waals surface area contributed by atoms with E-state index in [2.05, 4.69) is 0 Å². The fourth-order valence-electron chi connectivity index (χ4n) is 5.69. The number of nitrogens with zero attached hydrogens (tertiary/aromatic N) is 2. The van der Waals surface area contributed by atoms with Crippen molar-refractivity contribution < 1.29 is 24.0 Å². The van der Waals surface area contributed by atoms with Crippen LogP contribution in [0, 0.1) is 27.4 Å². The number of amides is 1. The Labute approximate surface area is 195 Å². The molecule has 1 heterocycles. The van der Waals surface area contributed by atoms with Gasteiger partial charge in [0.2, 0.25) is 11.9 Å². The maximum Gasteiger partial charge on any atom is 0.329 e. The molecule has 1 aromatic carbocycles. The summed E-state index contributed by atoms with van der Waals surface area (Å²) in [7, 11) is 1.64. The fraction of sp³-hybridized carbons (Fsp3) is 0.680. The molecule has 33 heavy (non-hydrogen) atoms. The molecule has 0 aromatic heterocycles. The highest BCUT2D eigenvalue weighted by Gasteiger charge is 2.64. The number of ether oxygens (including phenoxy) is 2. The standard InChI is InChI=1S/C25H36N2O6/c1-6-33-24(29)22-19(25(2,3)4)21(27(30)31)20(16-11-8-7-9-12-16)26(22)23(28)17-13-10-14-18(15-17)32-5/h7-9,11-12,17-22H,6,10,13-15H2,1-5H3/t17-,18-,19+,20+,21+,22+/m1/s1. The molecule has 1 saturated heterocycles. The second kappa shape index (κ2) is 10.2. The van der Waals surface area contributed by atoms with Crippen LogP contribution in [0.3, 0.4) is 0 Å². The minimum Gasteiger partial charge on any atom is -0.464 e. The molecule has 8 nitrogen and oxygen atoms in total. The predicted octanol–water partition coefficient (Wildman–Crippen LogP) is 4.01. The van der Waals surface area contributed by atoms with Crippen LogP contribution in [-0.2, 0) is 19.1 Å². The average Bonchev–Trinajstić information content (AvgIpc) is 3.16. The molecule has 8 heteroatoms. The third-order valence-electron chi connectivity index (χ3n) is 7.11. The summed E-state index contributed by atoms with van der Waals surface area (Å²) < 4.78 is 10.9. The summed E-state index contributed by atoms with van der Waals surface area (Å²) in [4.78, 5) is 41.0. The Hall–Kier alpha value is -2.48. The number of hydrogen-bond acceptors (Lipinski definition) is 6. The molecule has 0 radical (unpaired) electrons. The Bertz CT molecular complexity index is 852. The molecule has 2 fully saturated rings. The number of esters is 1. The number of methoxy groups -OCH3 is 1. The zero-order valence-corrected chi connectivity index (χ0v) is 20.2. The van der Waals surface area contributed by atoms with Crippen LogP contribution in [0.25, 0.3) is 0 Å².